The van der Waals surface area contributed by atoms with E-state index in [-0.39, 0.29) is 5.56 Å². The lowest BCUT2D eigenvalue weighted by atomic mass is 9.96. The van der Waals surface area contributed by atoms with E-state index in [0.29, 0.717) is 19.1 Å². The first-order valence-corrected chi connectivity index (χ1v) is 11.8. The van der Waals surface area contributed by atoms with E-state index in [1.807, 2.05) is 30.3 Å². The van der Waals surface area contributed by atoms with Crippen LogP contribution in [0.5, 0.6) is 0 Å². The van der Waals surface area contributed by atoms with Crippen molar-refractivity contribution in [2.24, 2.45) is 0 Å². The molecule has 1 aromatic heterocycles. The minimum Gasteiger partial charge on any atom is -0.360 e. The van der Waals surface area contributed by atoms with Gasteiger partial charge in [-0.05, 0) is 66.2 Å². The Morgan fingerprint density at radius 1 is 1.03 bits per heavy atom. The van der Waals surface area contributed by atoms with Crippen molar-refractivity contribution in [3.8, 4) is 0 Å². The van der Waals surface area contributed by atoms with Crippen molar-refractivity contribution in [2.45, 2.75) is 64.6 Å². The van der Waals surface area contributed by atoms with Crippen LogP contribution < -0.4 is 10.9 Å². The summed E-state index contributed by atoms with van der Waals surface area (Å²) in [5, 5.41) is 5.38. The zero-order valence-electron chi connectivity index (χ0n) is 18.2. The molecule has 1 aliphatic carbocycles. The Morgan fingerprint density at radius 3 is 2.55 bits per heavy atom. The molecule has 2 aromatic carbocycles. The number of H-pyrrole nitrogens is 1. The summed E-state index contributed by atoms with van der Waals surface area (Å²) in [4.78, 5) is 18.0. The Morgan fingerprint density at radius 2 is 1.81 bits per heavy atom. The third-order valence-electron chi connectivity index (χ3n) is 6.19. The second-order valence-electron chi connectivity index (χ2n) is 8.52. The fraction of sp³-hybridized carbons (Fsp3) is 0.385. The highest BCUT2D eigenvalue weighted by molar-refractivity contribution is 7.80. The number of aromatic amines is 1. The number of rotatable bonds is 6. The summed E-state index contributed by atoms with van der Waals surface area (Å²) in [7, 11) is 0. The fourth-order valence-electron chi connectivity index (χ4n) is 4.36. The van der Waals surface area contributed by atoms with Crippen LogP contribution >= 0.6 is 12.2 Å². The standard InChI is InChI=1S/C26H31N3OS/c1-2-19-13-14-24-21(15-19)16-22(25(30)28-24)18-29(17-20-9-5-3-6-10-20)26(31)27-23-11-7-4-8-12-23/h3,5-6,9-10,13-16,23H,2,4,7-8,11-12,17-18H2,1H3,(H,27,31)(H,28,30). The molecule has 2 N–H and O–H groups in total. The topological polar surface area (TPSA) is 48.1 Å². The third-order valence-corrected chi connectivity index (χ3v) is 6.57. The van der Waals surface area contributed by atoms with Crippen LogP contribution in [0.1, 0.15) is 55.7 Å². The highest BCUT2D eigenvalue weighted by atomic mass is 32.1. The van der Waals surface area contributed by atoms with Gasteiger partial charge in [-0.15, -0.1) is 0 Å². The van der Waals surface area contributed by atoms with E-state index in [1.54, 1.807) is 0 Å². The molecule has 0 atom stereocenters. The van der Waals surface area contributed by atoms with E-state index < -0.39 is 0 Å². The number of hydrogen-bond acceptors (Lipinski definition) is 2. The lowest BCUT2D eigenvalue weighted by molar-refractivity contribution is 0.362. The average molecular weight is 434 g/mol. The van der Waals surface area contributed by atoms with Gasteiger partial charge in [-0.25, -0.2) is 0 Å². The molecular formula is C26H31N3OS. The number of pyridine rings is 1. The Hall–Kier alpha value is -2.66. The van der Waals surface area contributed by atoms with Gasteiger partial charge in [0, 0.05) is 23.7 Å². The van der Waals surface area contributed by atoms with Crippen molar-refractivity contribution >= 4 is 28.2 Å². The molecule has 162 valence electrons. The number of hydrogen-bond donors (Lipinski definition) is 2. The SMILES string of the molecule is CCc1ccc2[nH]c(=O)c(CN(Cc3ccccc3)C(=S)NC3CCCCC3)cc2c1. The molecule has 0 saturated heterocycles. The van der Waals surface area contributed by atoms with Crippen molar-refractivity contribution in [3.05, 3.63) is 81.6 Å². The molecule has 0 amide bonds. The van der Waals surface area contributed by atoms with Gasteiger partial charge < -0.3 is 15.2 Å². The van der Waals surface area contributed by atoms with Gasteiger partial charge >= 0.3 is 0 Å². The van der Waals surface area contributed by atoms with Gasteiger partial charge in [0.15, 0.2) is 5.11 Å². The summed E-state index contributed by atoms with van der Waals surface area (Å²) in [6, 6.07) is 19.0. The van der Waals surface area contributed by atoms with E-state index in [9.17, 15) is 4.79 Å². The largest absolute Gasteiger partial charge is 0.360 e. The smallest absolute Gasteiger partial charge is 0.253 e. The molecule has 4 rings (SSSR count). The molecule has 1 fully saturated rings. The maximum Gasteiger partial charge on any atom is 0.253 e. The molecule has 3 aromatic rings. The number of nitrogens with zero attached hydrogens (tertiary/aromatic N) is 1. The summed E-state index contributed by atoms with van der Waals surface area (Å²) in [6.45, 7) is 3.30. The van der Waals surface area contributed by atoms with Crippen molar-refractivity contribution in [3.63, 3.8) is 0 Å². The highest BCUT2D eigenvalue weighted by Gasteiger charge is 2.19. The summed E-state index contributed by atoms with van der Waals surface area (Å²) < 4.78 is 0. The molecule has 1 saturated carbocycles. The number of benzene rings is 2. The second-order valence-corrected chi connectivity index (χ2v) is 8.91. The molecule has 1 heterocycles. The quantitative estimate of drug-likeness (QED) is 0.518. The number of nitrogens with one attached hydrogen (secondary N) is 2. The molecule has 5 heteroatoms. The number of thiocarbonyl (C=S) groups is 1. The number of fused-ring (bicyclic) bond motifs is 1. The molecule has 0 unspecified atom stereocenters. The normalized spacial score (nSPS) is 14.5. The van der Waals surface area contributed by atoms with Crippen molar-refractivity contribution in [2.75, 3.05) is 0 Å². The first kappa shape index (κ1) is 21.6. The minimum atomic E-state index is -0.0460. The van der Waals surface area contributed by atoms with Crippen LogP contribution in [0.25, 0.3) is 10.9 Å². The van der Waals surface area contributed by atoms with Crippen molar-refractivity contribution in [1.82, 2.24) is 15.2 Å². The van der Waals surface area contributed by atoms with Crippen LogP contribution in [-0.4, -0.2) is 21.0 Å². The van der Waals surface area contributed by atoms with E-state index >= 15 is 0 Å². The van der Waals surface area contributed by atoms with Gasteiger partial charge in [-0.3, -0.25) is 4.79 Å². The van der Waals surface area contributed by atoms with Crippen LogP contribution in [0.4, 0.5) is 0 Å². The highest BCUT2D eigenvalue weighted by Crippen LogP contribution is 2.19. The molecule has 0 spiro atoms. The summed E-state index contributed by atoms with van der Waals surface area (Å²) in [5.41, 5.74) is 4.02. The summed E-state index contributed by atoms with van der Waals surface area (Å²) in [6.07, 6.45) is 7.11. The van der Waals surface area contributed by atoms with E-state index in [4.69, 9.17) is 12.2 Å². The first-order valence-electron chi connectivity index (χ1n) is 11.4. The maximum atomic E-state index is 12.8. The van der Waals surface area contributed by atoms with Gasteiger partial charge in [0.1, 0.15) is 0 Å². The predicted molar refractivity (Wildman–Crippen MR) is 132 cm³/mol. The average Bonchev–Trinajstić information content (AvgIpc) is 2.80. The zero-order valence-corrected chi connectivity index (χ0v) is 19.0. The van der Waals surface area contributed by atoms with Gasteiger partial charge in [-0.1, -0.05) is 62.6 Å². The van der Waals surface area contributed by atoms with Crippen LogP contribution in [0.2, 0.25) is 0 Å². The lowest BCUT2D eigenvalue weighted by Gasteiger charge is -2.31. The van der Waals surface area contributed by atoms with E-state index in [2.05, 4.69) is 46.4 Å². The molecule has 31 heavy (non-hydrogen) atoms. The van der Waals surface area contributed by atoms with Crippen molar-refractivity contribution < 1.29 is 0 Å². The molecule has 0 bridgehead atoms. The van der Waals surface area contributed by atoms with Crippen LogP contribution in [0.15, 0.2) is 59.4 Å². The van der Waals surface area contributed by atoms with Gasteiger partial charge in [0.25, 0.3) is 5.56 Å². The molecular weight excluding hydrogens is 402 g/mol. The molecule has 0 radical (unpaired) electrons. The Kier molecular flexibility index (Phi) is 7.03. The van der Waals surface area contributed by atoms with Crippen LogP contribution in [0.3, 0.4) is 0 Å². The van der Waals surface area contributed by atoms with Crippen molar-refractivity contribution in [1.29, 1.82) is 0 Å². The molecule has 1 aliphatic rings. The molecule has 0 aliphatic heterocycles. The van der Waals surface area contributed by atoms with Crippen LogP contribution in [-0.2, 0) is 19.5 Å². The minimum absolute atomic E-state index is 0.0460. The fourth-order valence-corrected chi connectivity index (χ4v) is 4.66. The predicted octanol–water partition coefficient (Wildman–Crippen LogP) is 5.30. The Labute approximate surface area is 189 Å². The van der Waals surface area contributed by atoms with Gasteiger partial charge in [0.2, 0.25) is 0 Å². The van der Waals surface area contributed by atoms with E-state index in [1.165, 1.54) is 30.4 Å². The summed E-state index contributed by atoms with van der Waals surface area (Å²) >= 11 is 5.84. The van der Waals surface area contributed by atoms with Gasteiger partial charge in [0.05, 0.1) is 6.54 Å². The monoisotopic (exact) mass is 433 g/mol. The molecule has 4 nitrogen and oxygen atoms in total. The van der Waals surface area contributed by atoms with Crippen LogP contribution in [0, 0.1) is 0 Å². The third kappa shape index (κ3) is 5.53. The Balaban J connectivity index is 1.60. The number of aryl methyl sites for hydroxylation is 1. The maximum absolute atomic E-state index is 12.8. The lowest BCUT2D eigenvalue weighted by Crippen LogP contribution is -2.45. The number of aromatic nitrogens is 1. The second kappa shape index (κ2) is 10.1. The summed E-state index contributed by atoms with van der Waals surface area (Å²) in [5.74, 6) is 0. The van der Waals surface area contributed by atoms with Gasteiger partial charge in [-0.2, -0.15) is 0 Å². The zero-order chi connectivity index (χ0) is 21.6. The first-order chi connectivity index (χ1) is 15.1. The Bertz CT molecular complexity index is 1090. The van der Waals surface area contributed by atoms with E-state index in [0.717, 1.165) is 40.8 Å².